The topological polar surface area (TPSA) is 74.8 Å². The molecule has 6 nitrogen and oxygen atoms in total. The first-order valence-corrected chi connectivity index (χ1v) is 8.03. The summed E-state index contributed by atoms with van der Waals surface area (Å²) >= 11 is 0. The Labute approximate surface area is 139 Å². The second-order valence-electron chi connectivity index (χ2n) is 5.84. The van der Waals surface area contributed by atoms with Crippen LogP contribution in [0.5, 0.6) is 0 Å². The highest BCUT2D eigenvalue weighted by Gasteiger charge is 2.21. The average molecular weight is 319 g/mol. The van der Waals surface area contributed by atoms with Crippen molar-refractivity contribution >= 4 is 5.91 Å². The third-order valence-electron chi connectivity index (χ3n) is 4.22. The number of nitrogens with zero attached hydrogens (tertiary/aromatic N) is 4. The summed E-state index contributed by atoms with van der Waals surface area (Å²) in [6.07, 6.45) is 7.07. The maximum Gasteiger partial charge on any atom is 0.274 e. The maximum atomic E-state index is 12.5. The van der Waals surface area contributed by atoms with E-state index in [0.717, 1.165) is 42.8 Å². The number of likely N-dealkylation sites (tertiary alicyclic amines) is 1. The van der Waals surface area contributed by atoms with Crippen LogP contribution in [0, 0.1) is 0 Å². The van der Waals surface area contributed by atoms with Crippen molar-refractivity contribution in [1.82, 2.24) is 25.1 Å². The molecule has 4 rings (SSSR count). The molecule has 24 heavy (non-hydrogen) atoms. The van der Waals surface area contributed by atoms with Crippen molar-refractivity contribution in [1.29, 1.82) is 0 Å². The Kier molecular flexibility index (Phi) is 3.78. The van der Waals surface area contributed by atoms with Gasteiger partial charge in [-0.3, -0.25) is 14.9 Å². The van der Waals surface area contributed by atoms with Gasteiger partial charge in [0.2, 0.25) is 0 Å². The fourth-order valence-corrected chi connectivity index (χ4v) is 2.95. The number of benzene rings is 1. The predicted octanol–water partition coefficient (Wildman–Crippen LogP) is 2.77. The van der Waals surface area contributed by atoms with Gasteiger partial charge in [0.15, 0.2) is 0 Å². The Balaban J connectivity index is 1.66. The summed E-state index contributed by atoms with van der Waals surface area (Å²) in [5, 5.41) is 6.93. The van der Waals surface area contributed by atoms with Crippen molar-refractivity contribution in [2.45, 2.75) is 12.8 Å². The quantitative estimate of drug-likeness (QED) is 0.805. The molecule has 3 aromatic rings. The van der Waals surface area contributed by atoms with Gasteiger partial charge in [0.25, 0.3) is 5.91 Å². The summed E-state index contributed by atoms with van der Waals surface area (Å²) < 4.78 is 0. The van der Waals surface area contributed by atoms with Gasteiger partial charge in [-0.25, -0.2) is 4.98 Å². The summed E-state index contributed by atoms with van der Waals surface area (Å²) in [5.41, 5.74) is 3.98. The Morgan fingerprint density at radius 2 is 1.92 bits per heavy atom. The van der Waals surface area contributed by atoms with Crippen LogP contribution in [0.4, 0.5) is 0 Å². The number of hydrogen-bond donors (Lipinski definition) is 1. The third-order valence-corrected chi connectivity index (χ3v) is 4.22. The van der Waals surface area contributed by atoms with Crippen molar-refractivity contribution in [3.63, 3.8) is 0 Å². The van der Waals surface area contributed by atoms with Gasteiger partial charge in [-0.05, 0) is 25.0 Å². The number of nitrogens with one attached hydrogen (secondary N) is 1. The number of carbonyl (C=O) groups is 1. The Morgan fingerprint density at radius 3 is 2.71 bits per heavy atom. The van der Waals surface area contributed by atoms with Crippen LogP contribution in [0.15, 0.2) is 48.9 Å². The average Bonchev–Trinajstić information content (AvgIpc) is 3.35. The Bertz CT molecular complexity index is 853. The van der Waals surface area contributed by atoms with Gasteiger partial charge in [-0.15, -0.1) is 0 Å². The van der Waals surface area contributed by atoms with E-state index in [-0.39, 0.29) is 5.91 Å². The highest BCUT2D eigenvalue weighted by molar-refractivity contribution is 5.92. The largest absolute Gasteiger partial charge is 0.337 e. The van der Waals surface area contributed by atoms with Crippen molar-refractivity contribution in [2.24, 2.45) is 0 Å². The molecule has 0 aliphatic carbocycles. The van der Waals surface area contributed by atoms with E-state index < -0.39 is 0 Å². The Hall–Kier alpha value is -3.02. The molecule has 1 N–H and O–H groups in total. The van der Waals surface area contributed by atoms with Gasteiger partial charge in [-0.2, -0.15) is 5.10 Å². The van der Waals surface area contributed by atoms with E-state index in [2.05, 4.69) is 20.2 Å². The molecule has 1 amide bonds. The zero-order valence-corrected chi connectivity index (χ0v) is 13.1. The van der Waals surface area contributed by atoms with Crippen LogP contribution >= 0.6 is 0 Å². The van der Waals surface area contributed by atoms with Crippen LogP contribution in [0.1, 0.15) is 23.3 Å². The fourth-order valence-electron chi connectivity index (χ4n) is 2.95. The van der Waals surface area contributed by atoms with Gasteiger partial charge in [0.1, 0.15) is 5.69 Å². The number of aromatic amines is 1. The SMILES string of the molecule is O=C(c1cncc(-c2cccc(-c3ccn[nH]3)c2)n1)N1CCCC1. The van der Waals surface area contributed by atoms with Crippen molar-refractivity contribution in [2.75, 3.05) is 13.1 Å². The van der Waals surface area contributed by atoms with E-state index in [1.54, 1.807) is 18.6 Å². The zero-order valence-electron chi connectivity index (χ0n) is 13.1. The molecule has 2 aromatic heterocycles. The summed E-state index contributed by atoms with van der Waals surface area (Å²) in [4.78, 5) is 23.1. The first-order valence-electron chi connectivity index (χ1n) is 8.03. The predicted molar refractivity (Wildman–Crippen MR) is 90.2 cm³/mol. The first kappa shape index (κ1) is 14.6. The van der Waals surface area contributed by atoms with Crippen molar-refractivity contribution < 1.29 is 4.79 Å². The van der Waals surface area contributed by atoms with E-state index >= 15 is 0 Å². The molecule has 1 saturated heterocycles. The second kappa shape index (κ2) is 6.23. The minimum Gasteiger partial charge on any atom is -0.337 e. The van der Waals surface area contributed by atoms with Gasteiger partial charge < -0.3 is 4.90 Å². The van der Waals surface area contributed by atoms with Gasteiger partial charge in [-0.1, -0.05) is 18.2 Å². The lowest BCUT2D eigenvalue weighted by Crippen LogP contribution is -2.28. The fraction of sp³-hybridized carbons (Fsp3) is 0.222. The molecular formula is C18H17N5O. The van der Waals surface area contributed by atoms with Crippen molar-refractivity contribution in [3.8, 4) is 22.5 Å². The maximum absolute atomic E-state index is 12.5. The summed E-state index contributed by atoms with van der Waals surface area (Å²) in [7, 11) is 0. The molecule has 6 heteroatoms. The van der Waals surface area contributed by atoms with Crippen LogP contribution in [-0.4, -0.2) is 44.1 Å². The molecule has 0 unspecified atom stereocenters. The van der Waals surface area contributed by atoms with E-state index in [4.69, 9.17) is 0 Å². The second-order valence-corrected chi connectivity index (χ2v) is 5.84. The first-order chi connectivity index (χ1) is 11.8. The lowest BCUT2D eigenvalue weighted by atomic mass is 10.1. The number of carbonyl (C=O) groups excluding carboxylic acids is 1. The number of aromatic nitrogens is 4. The molecule has 0 saturated carbocycles. The standard InChI is InChI=1S/C18H17N5O/c24-18(23-8-1-2-9-23)17-12-19-11-16(21-17)14-5-3-4-13(10-14)15-6-7-20-22-15/h3-7,10-12H,1-2,8-9H2,(H,20,22). The van der Waals surface area contributed by atoms with Crippen LogP contribution in [0.3, 0.4) is 0 Å². The van der Waals surface area contributed by atoms with E-state index in [0.29, 0.717) is 11.4 Å². The number of rotatable bonds is 3. The van der Waals surface area contributed by atoms with Gasteiger partial charge in [0.05, 0.1) is 23.8 Å². The highest BCUT2D eigenvalue weighted by Crippen LogP contribution is 2.24. The van der Waals surface area contributed by atoms with E-state index in [1.165, 1.54) is 0 Å². The summed E-state index contributed by atoms with van der Waals surface area (Å²) in [6.45, 7) is 1.61. The van der Waals surface area contributed by atoms with Crippen LogP contribution in [0.2, 0.25) is 0 Å². The highest BCUT2D eigenvalue weighted by atomic mass is 16.2. The van der Waals surface area contributed by atoms with Crippen LogP contribution in [0.25, 0.3) is 22.5 Å². The van der Waals surface area contributed by atoms with Gasteiger partial charge in [0, 0.05) is 30.4 Å². The number of hydrogen-bond acceptors (Lipinski definition) is 4. The third kappa shape index (κ3) is 2.78. The van der Waals surface area contributed by atoms with Crippen LogP contribution in [-0.2, 0) is 0 Å². The smallest absolute Gasteiger partial charge is 0.274 e. The number of amides is 1. The molecule has 120 valence electrons. The molecule has 3 heterocycles. The molecule has 0 radical (unpaired) electrons. The summed E-state index contributed by atoms with van der Waals surface area (Å²) in [5.74, 6) is -0.0356. The molecular weight excluding hydrogens is 302 g/mol. The molecule has 1 aliphatic heterocycles. The van der Waals surface area contributed by atoms with Crippen molar-refractivity contribution in [3.05, 3.63) is 54.6 Å². The molecule has 1 fully saturated rings. The molecule has 1 aromatic carbocycles. The van der Waals surface area contributed by atoms with Crippen LogP contribution < -0.4 is 0 Å². The molecule has 0 spiro atoms. The normalized spacial score (nSPS) is 14.1. The van der Waals surface area contributed by atoms with Gasteiger partial charge >= 0.3 is 0 Å². The molecule has 1 aliphatic rings. The van der Waals surface area contributed by atoms with E-state index in [1.807, 2.05) is 35.2 Å². The minimum atomic E-state index is -0.0356. The minimum absolute atomic E-state index is 0.0356. The lowest BCUT2D eigenvalue weighted by molar-refractivity contribution is 0.0786. The monoisotopic (exact) mass is 319 g/mol. The lowest BCUT2D eigenvalue weighted by Gasteiger charge is -2.14. The summed E-state index contributed by atoms with van der Waals surface area (Å²) in [6, 6.07) is 9.86. The Morgan fingerprint density at radius 1 is 1.08 bits per heavy atom. The molecule has 0 atom stereocenters. The zero-order chi connectivity index (χ0) is 16.4. The number of H-pyrrole nitrogens is 1. The molecule has 0 bridgehead atoms. The van der Waals surface area contributed by atoms with E-state index in [9.17, 15) is 4.79 Å².